The van der Waals surface area contributed by atoms with Crippen LogP contribution >= 0.6 is 12.2 Å². The van der Waals surface area contributed by atoms with E-state index in [2.05, 4.69) is 15.1 Å². The van der Waals surface area contributed by atoms with Gasteiger partial charge >= 0.3 is 0 Å². The van der Waals surface area contributed by atoms with Crippen molar-refractivity contribution >= 4 is 23.0 Å². The van der Waals surface area contributed by atoms with E-state index in [0.717, 1.165) is 68.6 Å². The zero-order valence-corrected chi connectivity index (χ0v) is 21.3. The maximum Gasteiger partial charge on any atom is 0.173 e. The highest BCUT2D eigenvalue weighted by atomic mass is 32.1. The first kappa shape index (κ1) is 25.9. The predicted octanol–water partition coefficient (Wildman–Crippen LogP) is 3.64. The first-order valence-electron chi connectivity index (χ1n) is 11.4. The number of ether oxygens (including phenoxy) is 5. The Labute approximate surface area is 207 Å². The first-order valence-corrected chi connectivity index (χ1v) is 11.8. The molecule has 186 valence electrons. The van der Waals surface area contributed by atoms with Crippen molar-refractivity contribution in [2.75, 3.05) is 73.1 Å². The van der Waals surface area contributed by atoms with Crippen LogP contribution in [0.3, 0.4) is 0 Å². The Bertz CT molecular complexity index is 915. The first-order chi connectivity index (χ1) is 16.6. The van der Waals surface area contributed by atoms with Crippen LogP contribution in [0.2, 0.25) is 0 Å². The fraction of sp³-hybridized carbons (Fsp3) is 0.480. The maximum atomic E-state index is 5.85. The van der Waals surface area contributed by atoms with Gasteiger partial charge in [0.1, 0.15) is 23.0 Å². The number of thiocarbonyl (C=S) groups is 1. The normalized spacial score (nSPS) is 13.8. The van der Waals surface area contributed by atoms with E-state index in [9.17, 15) is 0 Å². The number of nitrogens with zero attached hydrogens (tertiary/aromatic N) is 2. The summed E-state index contributed by atoms with van der Waals surface area (Å²) in [5, 5.41) is 3.98. The molecule has 0 aliphatic carbocycles. The minimum atomic E-state index is 0.600. The molecule has 0 spiro atoms. The monoisotopic (exact) mass is 489 g/mol. The van der Waals surface area contributed by atoms with Crippen molar-refractivity contribution < 1.29 is 23.7 Å². The van der Waals surface area contributed by atoms with Crippen LogP contribution in [0.25, 0.3) is 0 Å². The molecular formula is C25H35N3O5S. The largest absolute Gasteiger partial charge is 0.497 e. The lowest BCUT2D eigenvalue weighted by atomic mass is 10.1. The minimum Gasteiger partial charge on any atom is -0.497 e. The van der Waals surface area contributed by atoms with E-state index in [1.54, 1.807) is 28.4 Å². The second-order valence-corrected chi connectivity index (χ2v) is 8.33. The lowest BCUT2D eigenvalue weighted by molar-refractivity contribution is 0.0367. The Hall–Kier alpha value is -2.75. The van der Waals surface area contributed by atoms with E-state index in [1.807, 2.05) is 36.4 Å². The molecule has 3 rings (SSSR count). The van der Waals surface area contributed by atoms with Gasteiger partial charge in [-0.1, -0.05) is 0 Å². The van der Waals surface area contributed by atoms with Gasteiger partial charge < -0.3 is 33.9 Å². The van der Waals surface area contributed by atoms with Crippen molar-refractivity contribution in [2.45, 2.75) is 13.0 Å². The van der Waals surface area contributed by atoms with Gasteiger partial charge in [0, 0.05) is 68.2 Å². The van der Waals surface area contributed by atoms with Crippen LogP contribution in [0.4, 0.5) is 5.69 Å². The Morgan fingerprint density at radius 3 is 2.24 bits per heavy atom. The summed E-state index contributed by atoms with van der Waals surface area (Å²) in [6, 6.07) is 11.5. The summed E-state index contributed by atoms with van der Waals surface area (Å²) in [5.41, 5.74) is 1.84. The van der Waals surface area contributed by atoms with Crippen LogP contribution in [0.1, 0.15) is 12.0 Å². The molecule has 8 nitrogen and oxygen atoms in total. The van der Waals surface area contributed by atoms with Crippen LogP contribution in [0.15, 0.2) is 36.4 Å². The highest BCUT2D eigenvalue weighted by Gasteiger charge is 2.17. The fourth-order valence-electron chi connectivity index (χ4n) is 3.83. The summed E-state index contributed by atoms with van der Waals surface area (Å²) in [6.45, 7) is 5.92. The van der Waals surface area contributed by atoms with Crippen molar-refractivity contribution in [1.29, 1.82) is 0 Å². The number of benzene rings is 2. The average molecular weight is 490 g/mol. The summed E-state index contributed by atoms with van der Waals surface area (Å²) >= 11 is 5.85. The lowest BCUT2D eigenvalue weighted by Crippen LogP contribution is -2.40. The van der Waals surface area contributed by atoms with Crippen LogP contribution in [-0.2, 0) is 11.3 Å². The minimum absolute atomic E-state index is 0.600. The molecule has 1 N–H and O–H groups in total. The highest BCUT2D eigenvalue weighted by molar-refractivity contribution is 7.80. The van der Waals surface area contributed by atoms with E-state index in [0.29, 0.717) is 23.2 Å². The van der Waals surface area contributed by atoms with Gasteiger partial charge in [-0.3, -0.25) is 4.90 Å². The van der Waals surface area contributed by atoms with Gasteiger partial charge in [-0.2, -0.15) is 0 Å². The Morgan fingerprint density at radius 2 is 1.62 bits per heavy atom. The van der Waals surface area contributed by atoms with E-state index >= 15 is 0 Å². The van der Waals surface area contributed by atoms with Crippen molar-refractivity contribution in [3.63, 3.8) is 0 Å². The molecule has 0 unspecified atom stereocenters. The third kappa shape index (κ3) is 7.38. The third-order valence-corrected chi connectivity index (χ3v) is 6.11. The number of anilines is 1. The van der Waals surface area contributed by atoms with Gasteiger partial charge in [-0.05, 0) is 30.8 Å². The van der Waals surface area contributed by atoms with Gasteiger partial charge in [0.05, 0.1) is 41.7 Å². The number of morpholine rings is 1. The average Bonchev–Trinajstić information content (AvgIpc) is 2.88. The summed E-state index contributed by atoms with van der Waals surface area (Å²) in [4.78, 5) is 4.59. The van der Waals surface area contributed by atoms with Gasteiger partial charge in [0.15, 0.2) is 5.11 Å². The molecule has 0 bridgehead atoms. The molecule has 0 aromatic heterocycles. The zero-order chi connectivity index (χ0) is 24.3. The molecule has 9 heteroatoms. The number of rotatable bonds is 11. The van der Waals surface area contributed by atoms with E-state index in [4.69, 9.17) is 35.9 Å². The molecule has 1 aliphatic heterocycles. The van der Waals surface area contributed by atoms with Crippen molar-refractivity contribution in [2.24, 2.45) is 0 Å². The molecule has 0 atom stereocenters. The van der Waals surface area contributed by atoms with Gasteiger partial charge in [0.25, 0.3) is 0 Å². The van der Waals surface area contributed by atoms with E-state index in [1.165, 1.54) is 0 Å². The van der Waals surface area contributed by atoms with Gasteiger partial charge in [-0.25, -0.2) is 0 Å². The van der Waals surface area contributed by atoms with Crippen LogP contribution in [0, 0.1) is 0 Å². The fourth-order valence-corrected chi connectivity index (χ4v) is 4.11. The molecule has 1 heterocycles. The molecule has 0 radical (unpaired) electrons. The number of nitrogens with one attached hydrogen (secondary N) is 1. The van der Waals surface area contributed by atoms with Crippen LogP contribution < -0.4 is 24.3 Å². The Balaban J connectivity index is 1.75. The molecule has 1 aliphatic rings. The molecule has 0 amide bonds. The van der Waals surface area contributed by atoms with E-state index in [-0.39, 0.29) is 0 Å². The van der Waals surface area contributed by atoms with Crippen molar-refractivity contribution in [3.8, 4) is 23.0 Å². The Morgan fingerprint density at radius 1 is 0.941 bits per heavy atom. The van der Waals surface area contributed by atoms with Crippen molar-refractivity contribution in [3.05, 3.63) is 42.0 Å². The predicted molar refractivity (Wildman–Crippen MR) is 138 cm³/mol. The number of methoxy groups -OCH3 is 4. The molecule has 1 saturated heterocycles. The molecule has 2 aromatic rings. The molecule has 2 aromatic carbocycles. The van der Waals surface area contributed by atoms with Gasteiger partial charge in [0.2, 0.25) is 0 Å². The summed E-state index contributed by atoms with van der Waals surface area (Å²) in [6.07, 6.45) is 0.974. The second-order valence-electron chi connectivity index (χ2n) is 7.94. The smallest absolute Gasteiger partial charge is 0.173 e. The number of hydrogen-bond donors (Lipinski definition) is 1. The Kier molecular flexibility index (Phi) is 10.1. The standard InChI is InChI=1S/C25H35N3O5S/c1-29-21-7-6-19(24(17-21)32-4)18-28(9-5-8-27-10-12-33-13-11-27)25(34)26-20-14-22(30-2)16-23(15-20)31-3/h6-7,14-17H,5,8-13,18H2,1-4H3,(H,26,34). The summed E-state index contributed by atoms with van der Waals surface area (Å²) < 4.78 is 27.2. The molecular weight excluding hydrogens is 454 g/mol. The quantitative estimate of drug-likeness (QED) is 0.477. The van der Waals surface area contributed by atoms with Crippen LogP contribution in [-0.4, -0.2) is 82.7 Å². The number of hydrogen-bond acceptors (Lipinski definition) is 7. The SMILES string of the molecule is COc1cc(NC(=S)N(CCCN2CCOCC2)Cc2ccc(OC)cc2OC)cc(OC)c1. The second kappa shape index (κ2) is 13.2. The third-order valence-electron chi connectivity index (χ3n) is 5.75. The molecule has 34 heavy (non-hydrogen) atoms. The highest BCUT2D eigenvalue weighted by Crippen LogP contribution is 2.28. The summed E-state index contributed by atoms with van der Waals surface area (Å²) in [5.74, 6) is 2.91. The topological polar surface area (TPSA) is 64.7 Å². The van der Waals surface area contributed by atoms with Crippen LogP contribution in [0.5, 0.6) is 23.0 Å². The van der Waals surface area contributed by atoms with Crippen molar-refractivity contribution in [1.82, 2.24) is 9.80 Å². The lowest BCUT2D eigenvalue weighted by Gasteiger charge is -2.30. The summed E-state index contributed by atoms with van der Waals surface area (Å²) in [7, 11) is 6.57. The molecule has 0 saturated carbocycles. The van der Waals surface area contributed by atoms with E-state index < -0.39 is 0 Å². The maximum absolute atomic E-state index is 5.85. The van der Waals surface area contributed by atoms with Gasteiger partial charge in [-0.15, -0.1) is 0 Å². The zero-order valence-electron chi connectivity index (χ0n) is 20.5. The molecule has 1 fully saturated rings.